The molecule has 6 nitrogen and oxygen atoms in total. The minimum atomic E-state index is -0.374. The second kappa shape index (κ2) is 10.1. The molecule has 3 rings (SSSR count). The van der Waals surface area contributed by atoms with E-state index in [9.17, 15) is 9.59 Å². The molecule has 1 heterocycles. The second-order valence-corrected chi connectivity index (χ2v) is 9.20. The zero-order valence-corrected chi connectivity index (χ0v) is 19.8. The molecule has 0 aromatic heterocycles. The Labute approximate surface area is 194 Å². The van der Waals surface area contributed by atoms with Crippen molar-refractivity contribution < 1.29 is 14.3 Å². The highest BCUT2D eigenvalue weighted by atomic mass is 35.5. The van der Waals surface area contributed by atoms with Crippen LogP contribution in [0.4, 0.5) is 11.4 Å². The predicted octanol–water partition coefficient (Wildman–Crippen LogP) is 4.70. The first-order chi connectivity index (χ1) is 15.2. The zero-order valence-electron chi connectivity index (χ0n) is 19.0. The Morgan fingerprint density at radius 3 is 2.25 bits per heavy atom. The molecule has 0 spiro atoms. The normalized spacial score (nSPS) is 14.5. The number of hydrogen-bond acceptors (Lipinski definition) is 4. The van der Waals surface area contributed by atoms with Crippen LogP contribution in [-0.2, 0) is 9.59 Å². The van der Waals surface area contributed by atoms with Crippen LogP contribution in [0.3, 0.4) is 0 Å². The monoisotopic (exact) mass is 455 g/mol. The number of ether oxygens (including phenoxy) is 1. The third-order valence-electron chi connectivity index (χ3n) is 5.31. The van der Waals surface area contributed by atoms with Gasteiger partial charge in [0.15, 0.2) is 0 Å². The van der Waals surface area contributed by atoms with E-state index in [4.69, 9.17) is 16.3 Å². The summed E-state index contributed by atoms with van der Waals surface area (Å²) in [5, 5.41) is 3.41. The summed E-state index contributed by atoms with van der Waals surface area (Å²) in [6, 6.07) is 12.9. The fourth-order valence-corrected chi connectivity index (χ4v) is 3.84. The topological polar surface area (TPSA) is 61.9 Å². The highest BCUT2D eigenvalue weighted by Crippen LogP contribution is 2.30. The van der Waals surface area contributed by atoms with Gasteiger partial charge in [-0.25, -0.2) is 0 Å². The minimum absolute atomic E-state index is 0.170. The number of carbonyl (C=O) groups is 2. The van der Waals surface area contributed by atoms with E-state index in [1.807, 2.05) is 62.1 Å². The van der Waals surface area contributed by atoms with Crippen molar-refractivity contribution in [2.45, 2.75) is 20.8 Å². The first kappa shape index (κ1) is 23.7. The number of halogens is 1. The molecule has 170 valence electrons. The maximum atomic E-state index is 12.5. The Hall–Kier alpha value is -2.99. The number of piperazine rings is 1. The molecule has 1 aliphatic heterocycles. The number of carbonyl (C=O) groups excluding carboxylic acids is 2. The molecule has 7 heteroatoms. The maximum absolute atomic E-state index is 12.5. The van der Waals surface area contributed by atoms with Crippen LogP contribution in [0.2, 0.25) is 5.02 Å². The van der Waals surface area contributed by atoms with Gasteiger partial charge in [0.1, 0.15) is 5.75 Å². The second-order valence-electron chi connectivity index (χ2n) is 8.79. The van der Waals surface area contributed by atoms with Crippen LogP contribution in [-0.4, -0.2) is 50.0 Å². The van der Waals surface area contributed by atoms with Gasteiger partial charge in [0.2, 0.25) is 11.8 Å². The van der Waals surface area contributed by atoms with Gasteiger partial charge in [0.25, 0.3) is 0 Å². The summed E-state index contributed by atoms with van der Waals surface area (Å²) < 4.78 is 5.13. The molecule has 0 radical (unpaired) electrons. The molecule has 1 saturated heterocycles. The molecule has 0 aliphatic carbocycles. The summed E-state index contributed by atoms with van der Waals surface area (Å²) in [7, 11) is 1.61. The van der Waals surface area contributed by atoms with Crippen molar-refractivity contribution in [1.29, 1.82) is 0 Å². The van der Waals surface area contributed by atoms with Crippen LogP contribution in [0, 0.1) is 5.41 Å². The number of nitrogens with zero attached hydrogens (tertiary/aromatic N) is 2. The summed E-state index contributed by atoms with van der Waals surface area (Å²) in [5.41, 5.74) is 2.06. The number of amides is 2. The zero-order chi connectivity index (χ0) is 23.3. The molecule has 0 saturated carbocycles. The Morgan fingerprint density at radius 2 is 1.69 bits per heavy atom. The van der Waals surface area contributed by atoms with Crippen molar-refractivity contribution in [2.24, 2.45) is 5.41 Å². The third kappa shape index (κ3) is 6.04. The van der Waals surface area contributed by atoms with Crippen LogP contribution in [0.15, 0.2) is 48.5 Å². The van der Waals surface area contributed by atoms with E-state index >= 15 is 0 Å². The molecule has 32 heavy (non-hydrogen) atoms. The Balaban J connectivity index is 1.57. The van der Waals surface area contributed by atoms with Gasteiger partial charge < -0.3 is 19.9 Å². The van der Waals surface area contributed by atoms with Gasteiger partial charge in [-0.05, 0) is 42.0 Å². The van der Waals surface area contributed by atoms with E-state index in [0.29, 0.717) is 23.8 Å². The van der Waals surface area contributed by atoms with Gasteiger partial charge >= 0.3 is 0 Å². The Morgan fingerprint density at radius 1 is 1.03 bits per heavy atom. The van der Waals surface area contributed by atoms with Crippen LogP contribution >= 0.6 is 11.6 Å². The van der Waals surface area contributed by atoms with Crippen LogP contribution in [0.5, 0.6) is 5.75 Å². The molecule has 0 unspecified atom stereocenters. The molecule has 2 aromatic rings. The highest BCUT2D eigenvalue weighted by Gasteiger charge is 2.30. The van der Waals surface area contributed by atoms with Crippen LogP contribution in [0.1, 0.15) is 26.3 Å². The first-order valence-electron chi connectivity index (χ1n) is 10.6. The number of nitrogens with one attached hydrogen (secondary N) is 1. The lowest BCUT2D eigenvalue weighted by molar-refractivity contribution is -0.139. The molecular formula is C25H30ClN3O3. The standard InChI is InChI=1S/C25H30ClN3O3/c1-25(2,3)24(31)29-15-13-28(14-16-29)22-11-8-19(17-21(22)26)27-23(30)12-7-18-5-9-20(32-4)10-6-18/h5-12,17H,13-16H2,1-4H3,(H,27,30)/b12-7+. The average molecular weight is 456 g/mol. The average Bonchev–Trinajstić information content (AvgIpc) is 2.77. The van der Waals surface area contributed by atoms with Crippen LogP contribution in [0.25, 0.3) is 6.08 Å². The largest absolute Gasteiger partial charge is 0.497 e. The fraction of sp³-hybridized carbons (Fsp3) is 0.360. The molecule has 2 amide bonds. The maximum Gasteiger partial charge on any atom is 0.248 e. The molecular weight excluding hydrogens is 426 g/mol. The lowest BCUT2D eigenvalue weighted by atomic mass is 9.94. The molecule has 0 bridgehead atoms. The van der Waals surface area contributed by atoms with E-state index in [-0.39, 0.29) is 17.2 Å². The molecule has 1 aliphatic rings. The lowest BCUT2D eigenvalue weighted by Crippen LogP contribution is -2.51. The van der Waals surface area contributed by atoms with E-state index < -0.39 is 0 Å². The lowest BCUT2D eigenvalue weighted by Gasteiger charge is -2.39. The molecule has 1 N–H and O–H groups in total. The summed E-state index contributed by atoms with van der Waals surface area (Å²) in [4.78, 5) is 28.8. The number of rotatable bonds is 5. The molecule has 0 atom stereocenters. The SMILES string of the molecule is COc1ccc(/C=C/C(=O)Nc2ccc(N3CCN(C(=O)C(C)(C)C)CC3)c(Cl)c2)cc1. The van der Waals surface area contributed by atoms with Crippen molar-refractivity contribution in [3.63, 3.8) is 0 Å². The minimum Gasteiger partial charge on any atom is -0.497 e. The van der Waals surface area contributed by atoms with Crippen molar-refractivity contribution in [2.75, 3.05) is 43.5 Å². The van der Waals surface area contributed by atoms with Crippen molar-refractivity contribution in [1.82, 2.24) is 4.90 Å². The van der Waals surface area contributed by atoms with Crippen molar-refractivity contribution >= 4 is 40.9 Å². The number of anilines is 2. The van der Waals surface area contributed by atoms with Crippen molar-refractivity contribution in [3.8, 4) is 5.75 Å². The van der Waals surface area contributed by atoms with Crippen molar-refractivity contribution in [3.05, 3.63) is 59.1 Å². The Kier molecular flexibility index (Phi) is 7.46. The van der Waals surface area contributed by atoms with E-state index in [1.54, 1.807) is 19.3 Å². The van der Waals surface area contributed by atoms with Gasteiger partial charge in [0.05, 0.1) is 17.8 Å². The van der Waals surface area contributed by atoms with Gasteiger partial charge in [0, 0.05) is 43.4 Å². The first-order valence-corrected chi connectivity index (χ1v) is 11.0. The number of methoxy groups -OCH3 is 1. The number of hydrogen-bond donors (Lipinski definition) is 1. The summed E-state index contributed by atoms with van der Waals surface area (Å²) >= 11 is 6.52. The summed E-state index contributed by atoms with van der Waals surface area (Å²) in [5.74, 6) is 0.700. The number of benzene rings is 2. The molecule has 2 aromatic carbocycles. The molecule has 1 fully saturated rings. The predicted molar refractivity (Wildman–Crippen MR) is 130 cm³/mol. The van der Waals surface area contributed by atoms with Gasteiger partial charge in [-0.1, -0.05) is 44.5 Å². The quantitative estimate of drug-likeness (QED) is 0.664. The van der Waals surface area contributed by atoms with E-state index in [2.05, 4.69) is 10.2 Å². The Bertz CT molecular complexity index is 988. The van der Waals surface area contributed by atoms with Crippen LogP contribution < -0.4 is 15.0 Å². The van der Waals surface area contributed by atoms with E-state index in [0.717, 1.165) is 30.1 Å². The third-order valence-corrected chi connectivity index (χ3v) is 5.61. The van der Waals surface area contributed by atoms with Gasteiger partial charge in [-0.2, -0.15) is 0 Å². The van der Waals surface area contributed by atoms with E-state index in [1.165, 1.54) is 6.08 Å². The van der Waals surface area contributed by atoms with Gasteiger partial charge in [-0.3, -0.25) is 9.59 Å². The summed E-state index contributed by atoms with van der Waals surface area (Å²) in [6.07, 6.45) is 3.22. The smallest absolute Gasteiger partial charge is 0.248 e. The summed E-state index contributed by atoms with van der Waals surface area (Å²) in [6.45, 7) is 8.60. The fourth-order valence-electron chi connectivity index (χ4n) is 3.54. The van der Waals surface area contributed by atoms with Gasteiger partial charge in [-0.15, -0.1) is 0 Å². The highest BCUT2D eigenvalue weighted by molar-refractivity contribution is 6.33.